The molecular formula is C20H20F3N. The van der Waals surface area contributed by atoms with Crippen molar-refractivity contribution in [1.82, 2.24) is 4.90 Å². The molecule has 0 bridgehead atoms. The van der Waals surface area contributed by atoms with Gasteiger partial charge in [0.15, 0.2) is 0 Å². The van der Waals surface area contributed by atoms with E-state index < -0.39 is 11.7 Å². The van der Waals surface area contributed by atoms with Crippen LogP contribution in [0.2, 0.25) is 0 Å². The van der Waals surface area contributed by atoms with Gasteiger partial charge in [-0.3, -0.25) is 0 Å². The van der Waals surface area contributed by atoms with Gasteiger partial charge in [0.2, 0.25) is 0 Å². The van der Waals surface area contributed by atoms with E-state index in [9.17, 15) is 13.2 Å². The second-order valence-electron chi connectivity index (χ2n) is 6.98. The molecule has 0 spiro atoms. The molecule has 2 aromatic carbocycles. The number of halogens is 3. The Kier molecular flexibility index (Phi) is 3.68. The molecular weight excluding hydrogens is 311 g/mol. The molecule has 24 heavy (non-hydrogen) atoms. The number of nitrogens with zero attached hydrogens (tertiary/aromatic N) is 1. The smallest absolute Gasteiger partial charge is 0.303 e. The topological polar surface area (TPSA) is 3.24 Å². The fourth-order valence-electron chi connectivity index (χ4n) is 4.47. The number of hydrogen-bond donors (Lipinski definition) is 0. The lowest BCUT2D eigenvalue weighted by atomic mass is 9.71. The molecule has 1 nitrogen and oxygen atoms in total. The summed E-state index contributed by atoms with van der Waals surface area (Å²) in [4.78, 5) is 2.40. The van der Waals surface area contributed by atoms with Crippen LogP contribution in [0.3, 0.4) is 0 Å². The lowest BCUT2D eigenvalue weighted by Crippen LogP contribution is -2.34. The average Bonchev–Trinajstić information content (AvgIpc) is 2.95. The van der Waals surface area contributed by atoms with Gasteiger partial charge in [-0.1, -0.05) is 36.4 Å². The van der Waals surface area contributed by atoms with Crippen molar-refractivity contribution >= 4 is 0 Å². The minimum absolute atomic E-state index is 0.172. The van der Waals surface area contributed by atoms with Gasteiger partial charge in [0.1, 0.15) is 0 Å². The van der Waals surface area contributed by atoms with Crippen molar-refractivity contribution in [2.45, 2.75) is 36.9 Å². The van der Waals surface area contributed by atoms with Gasteiger partial charge in [0.25, 0.3) is 0 Å². The molecule has 2 aliphatic rings. The number of hydrogen-bond acceptors (Lipinski definition) is 1. The number of benzene rings is 2. The minimum atomic E-state index is -4.28. The molecule has 1 aliphatic carbocycles. The number of rotatable bonds is 1. The van der Waals surface area contributed by atoms with E-state index in [0.717, 1.165) is 24.9 Å². The van der Waals surface area contributed by atoms with Gasteiger partial charge in [0, 0.05) is 17.9 Å². The molecule has 1 saturated heterocycles. The van der Waals surface area contributed by atoms with Crippen molar-refractivity contribution in [3.05, 3.63) is 70.8 Å². The lowest BCUT2D eigenvalue weighted by molar-refractivity contribution is -0.137. The highest BCUT2D eigenvalue weighted by Gasteiger charge is 2.41. The van der Waals surface area contributed by atoms with Crippen LogP contribution >= 0.6 is 0 Å². The molecule has 4 rings (SSSR count). The van der Waals surface area contributed by atoms with Crippen molar-refractivity contribution in [3.8, 4) is 0 Å². The third kappa shape index (κ3) is 2.53. The zero-order valence-electron chi connectivity index (χ0n) is 13.6. The largest absolute Gasteiger partial charge is 0.416 e. The van der Waals surface area contributed by atoms with Crippen LogP contribution in [0, 0.1) is 0 Å². The first-order chi connectivity index (χ1) is 11.4. The molecule has 1 fully saturated rings. The zero-order chi connectivity index (χ0) is 16.9. The van der Waals surface area contributed by atoms with Crippen molar-refractivity contribution < 1.29 is 13.2 Å². The fraction of sp³-hybridized carbons (Fsp3) is 0.400. The van der Waals surface area contributed by atoms with Crippen LogP contribution in [-0.4, -0.2) is 24.5 Å². The summed E-state index contributed by atoms with van der Waals surface area (Å²) in [6, 6.07) is 14.7. The molecule has 1 heterocycles. The Bertz CT molecular complexity index is 735. The predicted molar refractivity (Wildman–Crippen MR) is 88.1 cm³/mol. The summed E-state index contributed by atoms with van der Waals surface area (Å²) in [5, 5.41) is 0. The third-order valence-electron chi connectivity index (χ3n) is 5.71. The number of fused-ring (bicyclic) bond motifs is 3. The van der Waals surface area contributed by atoms with E-state index >= 15 is 0 Å². The standard InChI is InChI=1S/C20H20F3N/c1-24-11-10-17-15-4-2-3-5-16(15)18(12-19(17)24)13-6-8-14(9-7-13)20(21,22)23/h2-9,17-19H,10-12H2,1H3/t17-,18-,19-/m1/s1. The Morgan fingerprint density at radius 3 is 2.29 bits per heavy atom. The van der Waals surface area contributed by atoms with Gasteiger partial charge >= 0.3 is 6.18 Å². The monoisotopic (exact) mass is 331 g/mol. The molecule has 0 N–H and O–H groups in total. The molecule has 0 saturated carbocycles. The van der Waals surface area contributed by atoms with E-state index in [0.29, 0.717) is 12.0 Å². The van der Waals surface area contributed by atoms with Gasteiger partial charge in [-0.2, -0.15) is 13.2 Å². The minimum Gasteiger partial charge on any atom is -0.303 e. The van der Waals surface area contributed by atoms with Crippen LogP contribution in [0.4, 0.5) is 13.2 Å². The summed E-state index contributed by atoms with van der Waals surface area (Å²) < 4.78 is 38.5. The summed E-state index contributed by atoms with van der Waals surface area (Å²) in [7, 11) is 2.16. The van der Waals surface area contributed by atoms with E-state index in [2.05, 4.69) is 30.1 Å². The van der Waals surface area contributed by atoms with E-state index in [1.807, 2.05) is 6.07 Å². The van der Waals surface area contributed by atoms with Crippen molar-refractivity contribution in [2.24, 2.45) is 0 Å². The quantitative estimate of drug-likeness (QED) is 0.708. The maximum absolute atomic E-state index is 12.8. The van der Waals surface area contributed by atoms with Crippen LogP contribution in [0.5, 0.6) is 0 Å². The van der Waals surface area contributed by atoms with Crippen molar-refractivity contribution in [1.29, 1.82) is 0 Å². The van der Waals surface area contributed by atoms with Crippen LogP contribution in [0.15, 0.2) is 48.5 Å². The Hall–Kier alpha value is -1.81. The molecule has 4 heteroatoms. The maximum atomic E-state index is 12.8. The summed E-state index contributed by atoms with van der Waals surface area (Å²) in [5.74, 6) is 0.724. The van der Waals surface area contributed by atoms with Gasteiger partial charge in [-0.25, -0.2) is 0 Å². The summed E-state index contributed by atoms with van der Waals surface area (Å²) >= 11 is 0. The fourth-order valence-corrected chi connectivity index (χ4v) is 4.47. The highest BCUT2D eigenvalue weighted by Crippen LogP contribution is 2.48. The highest BCUT2D eigenvalue weighted by atomic mass is 19.4. The highest BCUT2D eigenvalue weighted by molar-refractivity contribution is 5.44. The van der Waals surface area contributed by atoms with Crippen LogP contribution < -0.4 is 0 Å². The second kappa shape index (κ2) is 5.62. The number of likely N-dealkylation sites (N-methyl/N-ethyl adjacent to an activating group) is 1. The number of alkyl halides is 3. The lowest BCUT2D eigenvalue weighted by Gasteiger charge is -2.37. The van der Waals surface area contributed by atoms with Crippen LogP contribution in [0.25, 0.3) is 0 Å². The molecule has 0 unspecified atom stereocenters. The molecule has 0 aromatic heterocycles. The molecule has 126 valence electrons. The Labute approximate surface area is 140 Å². The zero-order valence-corrected chi connectivity index (χ0v) is 13.6. The average molecular weight is 331 g/mol. The molecule has 3 atom stereocenters. The van der Waals surface area contributed by atoms with Gasteiger partial charge < -0.3 is 4.90 Å². The molecule has 1 aliphatic heterocycles. The molecule has 2 aromatic rings. The summed E-state index contributed by atoms with van der Waals surface area (Å²) in [6.45, 7) is 1.09. The van der Waals surface area contributed by atoms with E-state index in [1.54, 1.807) is 12.1 Å². The van der Waals surface area contributed by atoms with E-state index in [1.165, 1.54) is 23.3 Å². The van der Waals surface area contributed by atoms with E-state index in [4.69, 9.17) is 0 Å². The number of likely N-dealkylation sites (tertiary alicyclic amines) is 1. The molecule has 0 radical (unpaired) electrons. The van der Waals surface area contributed by atoms with Crippen molar-refractivity contribution in [2.75, 3.05) is 13.6 Å². The van der Waals surface area contributed by atoms with Gasteiger partial charge in [0.05, 0.1) is 5.56 Å². The Morgan fingerprint density at radius 1 is 0.958 bits per heavy atom. The normalized spacial score (nSPS) is 26.9. The SMILES string of the molecule is CN1CC[C@@H]2c3ccccc3[C@@H](c3ccc(C(F)(F)F)cc3)C[C@H]21. The van der Waals surface area contributed by atoms with Gasteiger partial charge in [-0.15, -0.1) is 0 Å². The first-order valence-electron chi connectivity index (χ1n) is 8.41. The Morgan fingerprint density at radius 2 is 1.62 bits per heavy atom. The summed E-state index contributed by atoms with van der Waals surface area (Å²) in [5.41, 5.74) is 3.07. The van der Waals surface area contributed by atoms with Crippen molar-refractivity contribution in [3.63, 3.8) is 0 Å². The summed E-state index contributed by atoms with van der Waals surface area (Å²) in [6.07, 6.45) is -2.14. The predicted octanol–water partition coefficient (Wildman–Crippen LogP) is 5.03. The Balaban J connectivity index is 1.74. The molecule has 0 amide bonds. The maximum Gasteiger partial charge on any atom is 0.416 e. The van der Waals surface area contributed by atoms with Crippen LogP contribution in [0.1, 0.15) is 46.9 Å². The second-order valence-corrected chi connectivity index (χ2v) is 6.98. The van der Waals surface area contributed by atoms with Gasteiger partial charge in [-0.05, 0) is 55.3 Å². The van der Waals surface area contributed by atoms with Crippen LogP contribution in [-0.2, 0) is 6.18 Å². The third-order valence-corrected chi connectivity index (χ3v) is 5.71. The first kappa shape index (κ1) is 15.7. The first-order valence-corrected chi connectivity index (χ1v) is 8.41. The van der Waals surface area contributed by atoms with E-state index in [-0.39, 0.29) is 5.92 Å².